The maximum absolute atomic E-state index is 12.8. The number of nitrogens with one attached hydrogen (secondary N) is 1. The molecule has 8 nitrogen and oxygen atoms in total. The molecule has 0 saturated carbocycles. The van der Waals surface area contributed by atoms with Gasteiger partial charge in [-0.3, -0.25) is 19.7 Å². The first-order chi connectivity index (χ1) is 13.0. The summed E-state index contributed by atoms with van der Waals surface area (Å²) in [7, 11) is 1.62. The van der Waals surface area contributed by atoms with E-state index in [4.69, 9.17) is 4.74 Å². The molecule has 0 aliphatic carbocycles. The summed E-state index contributed by atoms with van der Waals surface area (Å²) in [4.78, 5) is 38.1. The molecule has 0 radical (unpaired) electrons. The molecule has 1 heterocycles. The Labute approximate surface area is 162 Å². The molecule has 0 aromatic heterocycles. The van der Waals surface area contributed by atoms with Crippen LogP contribution in [-0.2, 0) is 9.53 Å². The van der Waals surface area contributed by atoms with Crippen molar-refractivity contribution in [2.45, 2.75) is 24.2 Å². The van der Waals surface area contributed by atoms with Gasteiger partial charge in [0.25, 0.3) is 11.6 Å². The summed E-state index contributed by atoms with van der Waals surface area (Å²) in [6.45, 7) is 1.99. The van der Waals surface area contributed by atoms with E-state index in [0.29, 0.717) is 39.1 Å². The Balaban J connectivity index is 1.97. The number of likely N-dealkylation sites (tertiary alicyclic amines) is 1. The summed E-state index contributed by atoms with van der Waals surface area (Å²) < 4.78 is 4.95. The largest absolute Gasteiger partial charge is 0.385 e. The zero-order valence-corrected chi connectivity index (χ0v) is 16.4. The molecule has 1 saturated heterocycles. The minimum atomic E-state index is -0.530. The Morgan fingerprint density at radius 2 is 2.07 bits per heavy atom. The number of hydrogen-bond donors (Lipinski definition) is 1. The van der Waals surface area contributed by atoms with Crippen molar-refractivity contribution in [1.82, 2.24) is 10.2 Å². The SMILES string of the molecule is COCCCNC(=O)C1CCN(C(=O)c2cc(SC)ccc2[N+](=O)[O-])CC1. The van der Waals surface area contributed by atoms with Gasteiger partial charge in [0.15, 0.2) is 0 Å². The summed E-state index contributed by atoms with van der Waals surface area (Å²) in [6.07, 6.45) is 3.72. The summed E-state index contributed by atoms with van der Waals surface area (Å²) in [5.74, 6) is -0.491. The van der Waals surface area contributed by atoms with Gasteiger partial charge < -0.3 is 15.0 Å². The molecule has 0 spiro atoms. The minimum Gasteiger partial charge on any atom is -0.385 e. The number of nitro groups is 1. The third kappa shape index (κ3) is 5.67. The van der Waals surface area contributed by atoms with Crippen LogP contribution in [0.15, 0.2) is 23.1 Å². The highest BCUT2D eigenvalue weighted by Crippen LogP contribution is 2.27. The quantitative estimate of drug-likeness (QED) is 0.314. The number of carbonyl (C=O) groups is 2. The highest BCUT2D eigenvalue weighted by atomic mass is 32.2. The fourth-order valence-electron chi connectivity index (χ4n) is 3.06. The molecule has 0 atom stereocenters. The second-order valence-electron chi connectivity index (χ2n) is 6.34. The molecule has 1 fully saturated rings. The Hall–Kier alpha value is -2.13. The van der Waals surface area contributed by atoms with Gasteiger partial charge in [0, 0.05) is 50.2 Å². The Morgan fingerprint density at radius 1 is 1.37 bits per heavy atom. The van der Waals surface area contributed by atoms with Crippen molar-refractivity contribution in [2.24, 2.45) is 5.92 Å². The molecule has 0 unspecified atom stereocenters. The number of piperidine rings is 1. The number of hydrogen-bond acceptors (Lipinski definition) is 6. The standard InChI is InChI=1S/C18H25N3O5S/c1-26-11-3-8-19-17(22)13-6-9-20(10-7-13)18(23)15-12-14(27-2)4-5-16(15)21(24)25/h4-5,12-13H,3,6-11H2,1-2H3,(H,19,22). The highest BCUT2D eigenvalue weighted by molar-refractivity contribution is 7.98. The Morgan fingerprint density at radius 3 is 2.67 bits per heavy atom. The van der Waals surface area contributed by atoms with E-state index in [1.165, 1.54) is 17.8 Å². The van der Waals surface area contributed by atoms with Crippen molar-refractivity contribution in [3.63, 3.8) is 0 Å². The zero-order chi connectivity index (χ0) is 19.8. The van der Waals surface area contributed by atoms with Gasteiger partial charge in [-0.2, -0.15) is 0 Å². The smallest absolute Gasteiger partial charge is 0.282 e. The van der Waals surface area contributed by atoms with Crippen LogP contribution in [0.2, 0.25) is 0 Å². The van der Waals surface area contributed by atoms with Gasteiger partial charge >= 0.3 is 0 Å². The lowest BCUT2D eigenvalue weighted by atomic mass is 9.95. The third-order valence-electron chi connectivity index (χ3n) is 4.61. The van der Waals surface area contributed by atoms with Crippen LogP contribution >= 0.6 is 11.8 Å². The number of ether oxygens (including phenoxy) is 1. The number of carbonyl (C=O) groups excluding carboxylic acids is 2. The molecule has 148 valence electrons. The first-order valence-corrected chi connectivity index (χ1v) is 10.1. The maximum atomic E-state index is 12.8. The second-order valence-corrected chi connectivity index (χ2v) is 7.22. The highest BCUT2D eigenvalue weighted by Gasteiger charge is 2.30. The number of nitro benzene ring substituents is 1. The number of nitrogens with zero attached hydrogens (tertiary/aromatic N) is 2. The number of thioether (sulfide) groups is 1. The van der Waals surface area contributed by atoms with Crippen molar-refractivity contribution in [1.29, 1.82) is 0 Å². The van der Waals surface area contributed by atoms with Gasteiger partial charge in [-0.1, -0.05) is 0 Å². The van der Waals surface area contributed by atoms with E-state index in [2.05, 4.69) is 5.32 Å². The summed E-state index contributed by atoms with van der Waals surface area (Å²) in [6, 6.07) is 4.58. The van der Waals surface area contributed by atoms with Crippen LogP contribution in [0.5, 0.6) is 0 Å². The van der Waals surface area contributed by atoms with Gasteiger partial charge in [-0.25, -0.2) is 0 Å². The number of methoxy groups -OCH3 is 1. The van der Waals surface area contributed by atoms with E-state index in [9.17, 15) is 19.7 Å². The van der Waals surface area contributed by atoms with Crippen molar-refractivity contribution in [3.05, 3.63) is 33.9 Å². The van der Waals surface area contributed by atoms with Crippen LogP contribution in [0.4, 0.5) is 5.69 Å². The van der Waals surface area contributed by atoms with Crippen LogP contribution in [-0.4, -0.2) is 61.2 Å². The van der Waals surface area contributed by atoms with E-state index < -0.39 is 4.92 Å². The fourth-order valence-corrected chi connectivity index (χ4v) is 3.50. The second kappa shape index (κ2) is 10.3. The fraction of sp³-hybridized carbons (Fsp3) is 0.556. The Kier molecular flexibility index (Phi) is 8.05. The van der Waals surface area contributed by atoms with E-state index in [1.54, 1.807) is 24.1 Å². The lowest BCUT2D eigenvalue weighted by molar-refractivity contribution is -0.385. The summed E-state index contributed by atoms with van der Waals surface area (Å²) in [5, 5.41) is 14.2. The minimum absolute atomic E-state index is 0.00596. The molecule has 1 aliphatic rings. The number of amides is 2. The van der Waals surface area contributed by atoms with Gasteiger partial charge in [0.2, 0.25) is 5.91 Å². The zero-order valence-electron chi connectivity index (χ0n) is 15.6. The van der Waals surface area contributed by atoms with Gasteiger partial charge in [-0.15, -0.1) is 11.8 Å². The molecule has 1 aliphatic heterocycles. The molecular weight excluding hydrogens is 370 g/mol. The molecule has 1 N–H and O–H groups in total. The van der Waals surface area contributed by atoms with Gasteiger partial charge in [0.1, 0.15) is 5.56 Å². The van der Waals surface area contributed by atoms with Crippen LogP contribution in [0.25, 0.3) is 0 Å². The third-order valence-corrected chi connectivity index (χ3v) is 5.33. The monoisotopic (exact) mass is 395 g/mol. The molecule has 27 heavy (non-hydrogen) atoms. The average molecular weight is 395 g/mol. The topological polar surface area (TPSA) is 102 Å². The van der Waals surface area contributed by atoms with Crippen LogP contribution in [0.1, 0.15) is 29.6 Å². The lowest BCUT2D eigenvalue weighted by Gasteiger charge is -2.31. The Bertz CT molecular complexity index is 690. The predicted octanol–water partition coefficient (Wildman–Crippen LogP) is 2.32. The molecule has 1 aromatic carbocycles. The number of rotatable bonds is 8. The predicted molar refractivity (Wildman–Crippen MR) is 103 cm³/mol. The van der Waals surface area contributed by atoms with E-state index in [1.807, 2.05) is 6.26 Å². The maximum Gasteiger partial charge on any atom is 0.282 e. The van der Waals surface area contributed by atoms with Crippen molar-refractivity contribution >= 4 is 29.3 Å². The summed E-state index contributed by atoms with van der Waals surface area (Å²) >= 11 is 1.43. The van der Waals surface area contributed by atoms with Crippen LogP contribution in [0.3, 0.4) is 0 Å². The van der Waals surface area contributed by atoms with E-state index in [0.717, 1.165) is 11.3 Å². The summed E-state index contributed by atoms with van der Waals surface area (Å²) in [5.41, 5.74) is -0.0786. The number of benzene rings is 1. The lowest BCUT2D eigenvalue weighted by Crippen LogP contribution is -2.43. The van der Waals surface area contributed by atoms with Crippen molar-refractivity contribution < 1.29 is 19.2 Å². The van der Waals surface area contributed by atoms with Crippen molar-refractivity contribution in [3.8, 4) is 0 Å². The molecule has 9 heteroatoms. The molecule has 2 rings (SSSR count). The average Bonchev–Trinajstić information content (AvgIpc) is 2.70. The normalized spacial score (nSPS) is 14.8. The van der Waals surface area contributed by atoms with Crippen LogP contribution in [0, 0.1) is 16.0 Å². The van der Waals surface area contributed by atoms with E-state index >= 15 is 0 Å². The molecule has 1 aromatic rings. The first kappa shape index (κ1) is 21.2. The van der Waals surface area contributed by atoms with Crippen molar-refractivity contribution in [2.75, 3.05) is 39.6 Å². The van der Waals surface area contributed by atoms with Crippen LogP contribution < -0.4 is 5.32 Å². The molecule has 2 amide bonds. The van der Waals surface area contributed by atoms with E-state index in [-0.39, 0.29) is 29.0 Å². The first-order valence-electron chi connectivity index (χ1n) is 8.86. The van der Waals surface area contributed by atoms with Gasteiger partial charge in [-0.05, 0) is 37.7 Å². The molecular formula is C18H25N3O5S. The van der Waals surface area contributed by atoms with Gasteiger partial charge in [0.05, 0.1) is 4.92 Å². The molecule has 0 bridgehead atoms.